The van der Waals surface area contributed by atoms with Crippen LogP contribution in [0.2, 0.25) is 13.1 Å². The zero-order valence-electron chi connectivity index (χ0n) is 6.10. The van der Waals surface area contributed by atoms with Gasteiger partial charge in [-0.15, -0.1) is 0 Å². The second-order valence-electron chi connectivity index (χ2n) is 2.16. The van der Waals surface area contributed by atoms with Crippen LogP contribution < -0.4 is 4.98 Å². The first kappa shape index (κ1) is 8.65. The van der Waals surface area contributed by atoms with E-state index in [1.54, 1.807) is 0 Å². The fraction of sp³-hybridized carbons (Fsp3) is 0.800. The Bertz CT molecular complexity index is 95.0. The zero-order valence-corrected chi connectivity index (χ0v) is 7.26. The van der Waals surface area contributed by atoms with Gasteiger partial charge in [0.1, 0.15) is 15.6 Å². The molecular formula is C5H13NO2Si. The van der Waals surface area contributed by atoms with Gasteiger partial charge in [0.25, 0.3) is 0 Å². The summed E-state index contributed by atoms with van der Waals surface area (Å²) >= 11 is 0. The van der Waals surface area contributed by atoms with E-state index in [1.165, 1.54) is 7.11 Å². The molecule has 1 amide bonds. The Labute approximate surface area is 57.1 Å². The van der Waals surface area contributed by atoms with E-state index in [0.717, 1.165) is 0 Å². The van der Waals surface area contributed by atoms with Gasteiger partial charge in [-0.2, -0.15) is 0 Å². The monoisotopic (exact) mass is 147 g/mol. The molecular weight excluding hydrogens is 134 g/mol. The molecule has 0 atom stereocenters. The predicted octanol–water partition coefficient (Wildman–Crippen LogP) is -0.268. The minimum atomic E-state index is -0.940. The predicted molar refractivity (Wildman–Crippen MR) is 38.9 cm³/mol. The van der Waals surface area contributed by atoms with Crippen molar-refractivity contribution in [2.24, 2.45) is 0 Å². The Morgan fingerprint density at radius 3 is 2.56 bits per heavy atom. The summed E-state index contributed by atoms with van der Waals surface area (Å²) in [6.45, 7) is 4.28. The zero-order chi connectivity index (χ0) is 7.28. The molecule has 0 heterocycles. The van der Waals surface area contributed by atoms with Crippen molar-refractivity contribution in [2.45, 2.75) is 13.1 Å². The number of nitrogens with one attached hydrogen (secondary N) is 1. The average molecular weight is 147 g/mol. The number of rotatable bonds is 3. The molecule has 0 aliphatic heterocycles. The summed E-state index contributed by atoms with van der Waals surface area (Å²) in [5, 5.41) is 0. The van der Waals surface area contributed by atoms with Gasteiger partial charge in [0.05, 0.1) is 0 Å². The van der Waals surface area contributed by atoms with Crippen LogP contribution >= 0.6 is 0 Å². The third-order valence-electron chi connectivity index (χ3n) is 0.725. The number of ether oxygens (including phenoxy) is 1. The second-order valence-corrected chi connectivity index (χ2v) is 4.75. The summed E-state index contributed by atoms with van der Waals surface area (Å²) in [5.41, 5.74) is 0. The van der Waals surface area contributed by atoms with Crippen molar-refractivity contribution in [3.05, 3.63) is 0 Å². The molecule has 0 aromatic heterocycles. The van der Waals surface area contributed by atoms with Gasteiger partial charge in [-0.1, -0.05) is 13.1 Å². The van der Waals surface area contributed by atoms with Crippen molar-refractivity contribution in [1.82, 2.24) is 4.98 Å². The highest BCUT2D eigenvalue weighted by Gasteiger charge is 2.00. The highest BCUT2D eigenvalue weighted by atomic mass is 28.3. The molecule has 0 bridgehead atoms. The Morgan fingerprint density at radius 2 is 2.22 bits per heavy atom. The van der Waals surface area contributed by atoms with E-state index in [2.05, 4.69) is 9.72 Å². The van der Waals surface area contributed by atoms with Crippen LogP contribution in [0.15, 0.2) is 0 Å². The summed E-state index contributed by atoms with van der Waals surface area (Å²) < 4.78 is 4.61. The molecule has 0 saturated carbocycles. The molecule has 0 radical (unpaired) electrons. The van der Waals surface area contributed by atoms with Crippen LogP contribution in [0.25, 0.3) is 0 Å². The minimum absolute atomic E-state index is 0.000772. The van der Waals surface area contributed by atoms with Gasteiger partial charge in [-0.3, -0.25) is 4.79 Å². The molecule has 9 heavy (non-hydrogen) atoms. The fourth-order valence-electron chi connectivity index (χ4n) is 0.495. The first-order chi connectivity index (χ1) is 4.16. The Balaban J connectivity index is 3.27. The quantitative estimate of drug-likeness (QED) is 0.558. The first-order valence-corrected chi connectivity index (χ1v) is 5.83. The lowest BCUT2D eigenvalue weighted by atomic mass is 10.7. The van der Waals surface area contributed by atoms with E-state index in [1.807, 2.05) is 13.1 Å². The van der Waals surface area contributed by atoms with E-state index in [0.29, 0.717) is 0 Å². The second kappa shape index (κ2) is 4.52. The van der Waals surface area contributed by atoms with Crippen molar-refractivity contribution in [1.29, 1.82) is 0 Å². The molecule has 0 rings (SSSR count). The summed E-state index contributed by atoms with van der Waals surface area (Å²) in [7, 11) is 0.576. The molecule has 0 saturated heterocycles. The Kier molecular flexibility index (Phi) is 4.34. The lowest BCUT2D eigenvalue weighted by molar-refractivity contribution is -0.123. The highest BCUT2D eigenvalue weighted by molar-refractivity contribution is 6.56. The maximum absolute atomic E-state index is 10.7. The molecule has 0 spiro atoms. The Morgan fingerprint density at radius 1 is 1.67 bits per heavy atom. The third kappa shape index (κ3) is 5.52. The summed E-state index contributed by atoms with van der Waals surface area (Å²) in [6.07, 6.45) is 0. The lowest BCUT2D eigenvalue weighted by Crippen LogP contribution is -2.36. The molecule has 0 aromatic carbocycles. The lowest BCUT2D eigenvalue weighted by Gasteiger charge is -2.04. The standard InChI is InChI=1S/C5H13NO2Si/c1-8-4-5(7)6-9(2)3/h9H,4H2,1-3H3,(H,6,7). The van der Waals surface area contributed by atoms with E-state index in [9.17, 15) is 4.79 Å². The van der Waals surface area contributed by atoms with Crippen molar-refractivity contribution < 1.29 is 9.53 Å². The van der Waals surface area contributed by atoms with Gasteiger partial charge in [-0.25, -0.2) is 0 Å². The summed E-state index contributed by atoms with van der Waals surface area (Å²) in [5.74, 6) is -0.000772. The molecule has 0 fully saturated rings. The van der Waals surface area contributed by atoms with Crippen molar-refractivity contribution in [3.8, 4) is 0 Å². The normalized spacial score (nSPS) is 9.78. The number of hydrogen-bond acceptors (Lipinski definition) is 2. The van der Waals surface area contributed by atoms with Crippen LogP contribution in [-0.4, -0.2) is 28.6 Å². The van der Waals surface area contributed by atoms with E-state index >= 15 is 0 Å². The SMILES string of the molecule is COCC(=O)N[SiH](C)C. The van der Waals surface area contributed by atoms with Crippen LogP contribution in [0.1, 0.15) is 0 Å². The number of hydrogen-bond donors (Lipinski definition) is 1. The van der Waals surface area contributed by atoms with Gasteiger partial charge < -0.3 is 9.72 Å². The smallest absolute Gasteiger partial charge is 0.237 e. The molecule has 0 aromatic rings. The van der Waals surface area contributed by atoms with Crippen LogP contribution in [-0.2, 0) is 9.53 Å². The van der Waals surface area contributed by atoms with E-state index in [-0.39, 0.29) is 12.5 Å². The molecule has 0 aliphatic carbocycles. The minimum Gasteiger partial charge on any atom is -0.383 e. The number of amides is 1. The molecule has 3 nitrogen and oxygen atoms in total. The van der Waals surface area contributed by atoms with Gasteiger partial charge in [0.2, 0.25) is 5.91 Å². The van der Waals surface area contributed by atoms with Gasteiger partial charge in [-0.05, 0) is 0 Å². The number of carbonyl (C=O) groups excluding carboxylic acids is 1. The van der Waals surface area contributed by atoms with Gasteiger partial charge in [0.15, 0.2) is 0 Å². The largest absolute Gasteiger partial charge is 0.383 e. The van der Waals surface area contributed by atoms with Crippen LogP contribution in [0.4, 0.5) is 0 Å². The number of methoxy groups -OCH3 is 1. The molecule has 4 heteroatoms. The topological polar surface area (TPSA) is 38.3 Å². The summed E-state index contributed by atoms with van der Waals surface area (Å²) in [4.78, 5) is 13.5. The maximum atomic E-state index is 10.7. The summed E-state index contributed by atoms with van der Waals surface area (Å²) in [6, 6.07) is 0. The van der Waals surface area contributed by atoms with Crippen LogP contribution in [0.5, 0.6) is 0 Å². The average Bonchev–Trinajstić information content (AvgIpc) is 1.63. The third-order valence-corrected chi connectivity index (χ3v) is 1.62. The Hall–Kier alpha value is -0.353. The van der Waals surface area contributed by atoms with Crippen molar-refractivity contribution in [2.75, 3.05) is 13.7 Å². The first-order valence-electron chi connectivity index (χ1n) is 2.95. The molecule has 0 unspecified atom stereocenters. The maximum Gasteiger partial charge on any atom is 0.237 e. The van der Waals surface area contributed by atoms with Crippen LogP contribution in [0, 0.1) is 0 Å². The van der Waals surface area contributed by atoms with Crippen molar-refractivity contribution in [3.63, 3.8) is 0 Å². The number of carbonyl (C=O) groups is 1. The van der Waals surface area contributed by atoms with E-state index in [4.69, 9.17) is 0 Å². The van der Waals surface area contributed by atoms with E-state index < -0.39 is 8.96 Å². The van der Waals surface area contributed by atoms with Crippen LogP contribution in [0.3, 0.4) is 0 Å². The van der Waals surface area contributed by atoms with Gasteiger partial charge >= 0.3 is 0 Å². The van der Waals surface area contributed by atoms with Crippen molar-refractivity contribution >= 4 is 14.9 Å². The molecule has 0 aliphatic rings. The fourth-order valence-corrected chi connectivity index (χ4v) is 1.22. The van der Waals surface area contributed by atoms with Gasteiger partial charge in [0, 0.05) is 7.11 Å². The molecule has 54 valence electrons. The molecule has 1 N–H and O–H groups in total. The highest BCUT2D eigenvalue weighted by Crippen LogP contribution is 1.73.